The van der Waals surface area contributed by atoms with Crippen LogP contribution in [-0.4, -0.2) is 58.2 Å². The second-order valence-electron chi connectivity index (χ2n) is 5.19. The van der Waals surface area contributed by atoms with Gasteiger partial charge in [-0.25, -0.2) is 8.78 Å². The monoisotopic (exact) mass is 287 g/mol. The van der Waals surface area contributed by atoms with E-state index in [0.717, 1.165) is 6.07 Å². The molecule has 1 aromatic carbocycles. The van der Waals surface area contributed by atoms with Crippen LogP contribution in [0.25, 0.3) is 0 Å². The largest absolute Gasteiger partial charge is 0.395 e. The van der Waals surface area contributed by atoms with Crippen molar-refractivity contribution < 1.29 is 24.1 Å². The first-order valence-electron chi connectivity index (χ1n) is 6.66. The molecule has 0 aromatic heterocycles. The Balaban J connectivity index is 1.98. The number of β-amino-alcohol motifs (C(OH)–C–C–N with tert-alkyl or cyclic N) is 1. The number of piperidine rings is 1. The Morgan fingerprint density at radius 3 is 2.60 bits per heavy atom. The summed E-state index contributed by atoms with van der Waals surface area (Å²) in [4.78, 5) is 1.82. The third kappa shape index (κ3) is 3.52. The van der Waals surface area contributed by atoms with Crippen molar-refractivity contribution in [3.05, 3.63) is 35.4 Å². The van der Waals surface area contributed by atoms with Crippen molar-refractivity contribution in [3.8, 4) is 0 Å². The SMILES string of the molecule is OC[C@H]1CC(O)[C@@H](O)CN1CCc1ccc(F)cc1F. The van der Waals surface area contributed by atoms with Gasteiger partial charge in [0.1, 0.15) is 11.6 Å². The van der Waals surface area contributed by atoms with Crippen molar-refractivity contribution in [2.45, 2.75) is 31.1 Å². The number of rotatable bonds is 4. The maximum absolute atomic E-state index is 13.5. The summed E-state index contributed by atoms with van der Waals surface area (Å²) in [5.74, 6) is -1.21. The predicted octanol–water partition coefficient (Wildman–Crippen LogP) is 0.296. The predicted molar refractivity (Wildman–Crippen MR) is 69.1 cm³/mol. The van der Waals surface area contributed by atoms with Gasteiger partial charge in [-0.1, -0.05) is 6.07 Å². The molecule has 1 saturated heterocycles. The highest BCUT2D eigenvalue weighted by atomic mass is 19.1. The molecule has 2 rings (SSSR count). The molecule has 6 heteroatoms. The van der Waals surface area contributed by atoms with Crippen LogP contribution in [0.5, 0.6) is 0 Å². The molecule has 1 aromatic rings. The van der Waals surface area contributed by atoms with Crippen LogP contribution >= 0.6 is 0 Å². The van der Waals surface area contributed by atoms with Gasteiger partial charge in [0.2, 0.25) is 0 Å². The van der Waals surface area contributed by atoms with Gasteiger partial charge in [0.15, 0.2) is 0 Å². The first-order valence-corrected chi connectivity index (χ1v) is 6.66. The zero-order valence-electron chi connectivity index (χ0n) is 11.0. The van der Waals surface area contributed by atoms with Gasteiger partial charge in [0.05, 0.1) is 18.8 Å². The molecule has 1 aliphatic heterocycles. The van der Waals surface area contributed by atoms with Gasteiger partial charge in [0.25, 0.3) is 0 Å². The lowest BCUT2D eigenvalue weighted by Gasteiger charge is -2.39. The molecular weight excluding hydrogens is 268 g/mol. The van der Waals surface area contributed by atoms with Crippen molar-refractivity contribution in [3.63, 3.8) is 0 Å². The number of likely N-dealkylation sites (tertiary alicyclic amines) is 1. The third-order valence-electron chi connectivity index (χ3n) is 3.79. The van der Waals surface area contributed by atoms with Crippen LogP contribution in [0.15, 0.2) is 18.2 Å². The molecule has 112 valence electrons. The van der Waals surface area contributed by atoms with E-state index >= 15 is 0 Å². The van der Waals surface area contributed by atoms with Crippen LogP contribution in [0.2, 0.25) is 0 Å². The van der Waals surface area contributed by atoms with Crippen molar-refractivity contribution in [1.82, 2.24) is 4.90 Å². The molecule has 0 saturated carbocycles. The average Bonchev–Trinajstić information content (AvgIpc) is 2.41. The highest BCUT2D eigenvalue weighted by Crippen LogP contribution is 2.19. The van der Waals surface area contributed by atoms with E-state index < -0.39 is 23.8 Å². The summed E-state index contributed by atoms with van der Waals surface area (Å²) in [6, 6.07) is 3.19. The Labute approximate surface area is 116 Å². The van der Waals surface area contributed by atoms with Crippen molar-refractivity contribution in [2.75, 3.05) is 19.7 Å². The molecule has 0 bridgehead atoms. The molecule has 4 nitrogen and oxygen atoms in total. The van der Waals surface area contributed by atoms with Gasteiger partial charge in [-0.15, -0.1) is 0 Å². The second-order valence-corrected chi connectivity index (χ2v) is 5.19. The summed E-state index contributed by atoms with van der Waals surface area (Å²) >= 11 is 0. The van der Waals surface area contributed by atoms with Crippen molar-refractivity contribution in [1.29, 1.82) is 0 Å². The van der Waals surface area contributed by atoms with E-state index in [9.17, 15) is 24.1 Å². The number of hydrogen-bond donors (Lipinski definition) is 3. The summed E-state index contributed by atoms with van der Waals surface area (Å²) in [5.41, 5.74) is 0.392. The molecule has 0 aliphatic carbocycles. The Hall–Kier alpha value is -1.08. The zero-order chi connectivity index (χ0) is 14.7. The minimum atomic E-state index is -0.865. The van der Waals surface area contributed by atoms with Gasteiger partial charge in [-0.05, 0) is 24.5 Å². The summed E-state index contributed by atoms with van der Waals surface area (Å²) in [5, 5.41) is 28.5. The smallest absolute Gasteiger partial charge is 0.129 e. The van der Waals surface area contributed by atoms with Crippen LogP contribution in [0.4, 0.5) is 8.78 Å². The number of aliphatic hydroxyl groups excluding tert-OH is 3. The number of nitrogens with zero attached hydrogens (tertiary/aromatic N) is 1. The van der Waals surface area contributed by atoms with Crippen LogP contribution < -0.4 is 0 Å². The highest BCUT2D eigenvalue weighted by Gasteiger charge is 2.32. The van der Waals surface area contributed by atoms with Gasteiger partial charge in [-0.2, -0.15) is 0 Å². The maximum Gasteiger partial charge on any atom is 0.129 e. The lowest BCUT2D eigenvalue weighted by molar-refractivity contribution is -0.0704. The van der Waals surface area contributed by atoms with Crippen molar-refractivity contribution in [2.24, 2.45) is 0 Å². The molecule has 1 heterocycles. The summed E-state index contributed by atoms with van der Waals surface area (Å²) in [6.45, 7) is 0.530. The van der Waals surface area contributed by atoms with E-state index in [0.29, 0.717) is 18.5 Å². The number of benzene rings is 1. The van der Waals surface area contributed by atoms with E-state index in [1.807, 2.05) is 4.90 Å². The minimum absolute atomic E-state index is 0.129. The third-order valence-corrected chi connectivity index (χ3v) is 3.79. The molecule has 1 unspecified atom stereocenters. The van der Waals surface area contributed by atoms with E-state index in [1.165, 1.54) is 12.1 Å². The lowest BCUT2D eigenvalue weighted by Crippen LogP contribution is -2.54. The van der Waals surface area contributed by atoms with Gasteiger partial charge in [-0.3, -0.25) is 4.90 Å². The van der Waals surface area contributed by atoms with E-state index in [1.54, 1.807) is 0 Å². The molecule has 1 fully saturated rings. The van der Waals surface area contributed by atoms with Gasteiger partial charge < -0.3 is 15.3 Å². The molecule has 1 aliphatic rings. The Kier molecular flexibility index (Phi) is 5.04. The summed E-state index contributed by atoms with van der Waals surface area (Å²) in [6.07, 6.45) is -1.07. The standard InChI is InChI=1S/C14H19F2NO3/c15-10-2-1-9(12(16)5-10)3-4-17-7-14(20)13(19)6-11(17)8-18/h1-2,5,11,13-14,18-20H,3-4,6-8H2/t11-,13?,14+/m1/s1. The number of halogens is 2. The maximum atomic E-state index is 13.5. The number of aliphatic hydroxyl groups is 3. The minimum Gasteiger partial charge on any atom is -0.395 e. The van der Waals surface area contributed by atoms with E-state index in [4.69, 9.17) is 0 Å². The van der Waals surface area contributed by atoms with Gasteiger partial charge in [0, 0.05) is 25.2 Å². The van der Waals surface area contributed by atoms with Crippen LogP contribution in [0, 0.1) is 11.6 Å². The Morgan fingerprint density at radius 2 is 1.95 bits per heavy atom. The summed E-state index contributed by atoms with van der Waals surface area (Å²) in [7, 11) is 0. The highest BCUT2D eigenvalue weighted by molar-refractivity contribution is 5.18. The molecule has 20 heavy (non-hydrogen) atoms. The fourth-order valence-corrected chi connectivity index (χ4v) is 2.55. The fourth-order valence-electron chi connectivity index (χ4n) is 2.55. The molecule has 0 radical (unpaired) electrons. The van der Waals surface area contributed by atoms with Crippen LogP contribution in [0.3, 0.4) is 0 Å². The summed E-state index contributed by atoms with van der Waals surface area (Å²) < 4.78 is 26.3. The quantitative estimate of drug-likeness (QED) is 0.745. The van der Waals surface area contributed by atoms with Gasteiger partial charge >= 0.3 is 0 Å². The van der Waals surface area contributed by atoms with Crippen LogP contribution in [0.1, 0.15) is 12.0 Å². The van der Waals surface area contributed by atoms with Crippen molar-refractivity contribution >= 4 is 0 Å². The molecule has 3 N–H and O–H groups in total. The zero-order valence-corrected chi connectivity index (χ0v) is 11.0. The lowest BCUT2D eigenvalue weighted by atomic mass is 9.97. The molecular formula is C14H19F2NO3. The fraction of sp³-hybridized carbons (Fsp3) is 0.571. The Bertz CT molecular complexity index is 458. The first kappa shape index (κ1) is 15.3. The second kappa shape index (κ2) is 6.58. The molecule has 3 atom stereocenters. The average molecular weight is 287 g/mol. The normalized spacial score (nSPS) is 27.8. The Morgan fingerprint density at radius 1 is 1.20 bits per heavy atom. The number of hydrogen-bond acceptors (Lipinski definition) is 4. The van der Waals surface area contributed by atoms with E-state index in [-0.39, 0.29) is 25.6 Å². The van der Waals surface area contributed by atoms with Crippen LogP contribution in [-0.2, 0) is 6.42 Å². The molecule has 0 spiro atoms. The van der Waals surface area contributed by atoms with E-state index in [2.05, 4.69) is 0 Å². The topological polar surface area (TPSA) is 63.9 Å². The first-order chi connectivity index (χ1) is 9.51. The molecule has 0 amide bonds.